The van der Waals surface area contributed by atoms with Crippen molar-refractivity contribution in [3.05, 3.63) is 64.8 Å². The average Bonchev–Trinajstić information content (AvgIpc) is 2.85. The summed E-state index contributed by atoms with van der Waals surface area (Å²) in [6.45, 7) is 3.90. The Morgan fingerprint density at radius 3 is 2.27 bits per heavy atom. The number of methoxy groups -OCH3 is 1. The van der Waals surface area contributed by atoms with Crippen LogP contribution in [-0.2, 0) is 9.59 Å². The van der Waals surface area contributed by atoms with Crippen LogP contribution in [0.25, 0.3) is 5.57 Å². The van der Waals surface area contributed by atoms with E-state index in [4.69, 9.17) is 4.74 Å². The Balaban J connectivity index is 2.13. The summed E-state index contributed by atoms with van der Waals surface area (Å²) in [5.74, 6) is -0.791. The number of ether oxygens (including phenoxy) is 1. The number of hydrogen-bond donors (Lipinski definition) is 0. The smallest absolute Gasteiger partial charge is 0.272 e. The molecule has 4 nitrogen and oxygen atoms in total. The number of amides is 2. The first kappa shape index (κ1) is 18.2. The molecule has 134 valence electrons. The number of hydrogen-bond acceptors (Lipinski definition) is 4. The van der Waals surface area contributed by atoms with Crippen LogP contribution >= 0.6 is 11.8 Å². The second-order valence-corrected chi connectivity index (χ2v) is 7.58. The largest absolute Gasteiger partial charge is 0.495 e. The molecule has 2 amide bonds. The molecule has 0 saturated carbocycles. The molecule has 2 aromatic rings. The van der Waals surface area contributed by atoms with Crippen molar-refractivity contribution in [2.75, 3.05) is 12.0 Å². The summed E-state index contributed by atoms with van der Waals surface area (Å²) in [6, 6.07) is 12.5. The summed E-state index contributed by atoms with van der Waals surface area (Å²) in [4.78, 5) is 27.7. The van der Waals surface area contributed by atoms with Gasteiger partial charge < -0.3 is 4.74 Å². The Kier molecular flexibility index (Phi) is 5.13. The van der Waals surface area contributed by atoms with Crippen molar-refractivity contribution in [3.63, 3.8) is 0 Å². The van der Waals surface area contributed by atoms with Gasteiger partial charge in [0.1, 0.15) is 11.6 Å². The highest BCUT2D eigenvalue weighted by atomic mass is 32.2. The Morgan fingerprint density at radius 2 is 1.65 bits per heavy atom. The minimum atomic E-state index is -0.436. The van der Waals surface area contributed by atoms with Crippen LogP contribution in [0.5, 0.6) is 5.75 Å². The molecule has 0 fully saturated rings. The van der Waals surface area contributed by atoms with Gasteiger partial charge in [-0.15, -0.1) is 11.8 Å². The monoisotopic (exact) mass is 371 g/mol. The van der Waals surface area contributed by atoms with Crippen molar-refractivity contribution in [3.8, 4) is 5.75 Å². The van der Waals surface area contributed by atoms with Gasteiger partial charge in [-0.2, -0.15) is 0 Å². The van der Waals surface area contributed by atoms with Gasteiger partial charge >= 0.3 is 0 Å². The zero-order valence-corrected chi connectivity index (χ0v) is 15.5. The molecule has 6 heteroatoms. The predicted molar refractivity (Wildman–Crippen MR) is 102 cm³/mol. The molecular weight excluding hydrogens is 353 g/mol. The van der Waals surface area contributed by atoms with E-state index in [0.717, 1.165) is 4.90 Å². The van der Waals surface area contributed by atoms with Gasteiger partial charge in [-0.1, -0.05) is 38.1 Å². The van der Waals surface area contributed by atoms with E-state index >= 15 is 0 Å². The van der Waals surface area contributed by atoms with E-state index in [9.17, 15) is 14.0 Å². The van der Waals surface area contributed by atoms with Crippen LogP contribution in [0.4, 0.5) is 10.1 Å². The lowest BCUT2D eigenvalue weighted by Crippen LogP contribution is -2.31. The number of benzene rings is 2. The molecule has 26 heavy (non-hydrogen) atoms. The Bertz CT molecular complexity index is 890. The fourth-order valence-corrected chi connectivity index (χ4v) is 3.75. The normalized spacial score (nSPS) is 14.6. The van der Waals surface area contributed by atoms with Crippen LogP contribution in [0.1, 0.15) is 19.4 Å². The molecule has 1 aliphatic heterocycles. The summed E-state index contributed by atoms with van der Waals surface area (Å²) in [6.07, 6.45) is 0. The van der Waals surface area contributed by atoms with Crippen molar-refractivity contribution in [1.82, 2.24) is 0 Å². The maximum atomic E-state index is 13.3. The third kappa shape index (κ3) is 3.24. The standard InChI is InChI=1S/C20H18FNO3S/c1-12(2)26-18-17(13-8-10-14(21)11-9-13)19(23)22(20(18)24)15-6-4-5-7-16(15)25-3/h4-12H,1-3H3. The lowest BCUT2D eigenvalue weighted by atomic mass is 10.1. The lowest BCUT2D eigenvalue weighted by molar-refractivity contribution is -0.119. The first-order chi connectivity index (χ1) is 12.4. The lowest BCUT2D eigenvalue weighted by Gasteiger charge is -2.18. The van der Waals surface area contributed by atoms with Gasteiger partial charge in [0.25, 0.3) is 11.8 Å². The molecule has 1 heterocycles. The maximum Gasteiger partial charge on any atom is 0.272 e. The van der Waals surface area contributed by atoms with Crippen molar-refractivity contribution < 1.29 is 18.7 Å². The predicted octanol–water partition coefficient (Wildman–Crippen LogP) is 4.26. The topological polar surface area (TPSA) is 46.6 Å². The molecule has 0 aliphatic carbocycles. The van der Waals surface area contributed by atoms with Crippen LogP contribution in [-0.4, -0.2) is 24.2 Å². The van der Waals surface area contributed by atoms with Crippen molar-refractivity contribution in [1.29, 1.82) is 0 Å². The SMILES string of the molecule is COc1ccccc1N1C(=O)C(SC(C)C)=C(c2ccc(F)cc2)C1=O. The molecule has 0 radical (unpaired) electrons. The first-order valence-electron chi connectivity index (χ1n) is 8.12. The summed E-state index contributed by atoms with van der Waals surface area (Å²) in [7, 11) is 1.49. The number of halogens is 1. The molecule has 2 aromatic carbocycles. The third-order valence-corrected chi connectivity index (χ3v) is 4.94. The van der Waals surface area contributed by atoms with Gasteiger partial charge in [0.15, 0.2) is 0 Å². The van der Waals surface area contributed by atoms with Gasteiger partial charge in [0.05, 0.1) is 23.3 Å². The molecule has 0 spiro atoms. The van der Waals surface area contributed by atoms with E-state index in [2.05, 4.69) is 0 Å². The molecule has 0 saturated heterocycles. The molecule has 1 aliphatic rings. The third-order valence-electron chi connectivity index (χ3n) is 3.85. The van der Waals surface area contributed by atoms with Crippen molar-refractivity contribution in [2.45, 2.75) is 19.1 Å². The van der Waals surface area contributed by atoms with E-state index in [1.807, 2.05) is 13.8 Å². The van der Waals surface area contributed by atoms with Crippen molar-refractivity contribution >= 4 is 34.8 Å². The summed E-state index contributed by atoms with van der Waals surface area (Å²) < 4.78 is 18.6. The number of rotatable bonds is 5. The maximum absolute atomic E-state index is 13.3. The van der Waals surface area contributed by atoms with E-state index in [1.165, 1.54) is 43.1 Å². The quantitative estimate of drug-likeness (QED) is 0.737. The van der Waals surface area contributed by atoms with Gasteiger partial charge in [0, 0.05) is 5.25 Å². The fraction of sp³-hybridized carbons (Fsp3) is 0.200. The van der Waals surface area contributed by atoms with E-state index in [0.29, 0.717) is 27.5 Å². The number of para-hydroxylation sites is 2. The number of carbonyl (C=O) groups excluding carboxylic acids is 2. The zero-order valence-electron chi connectivity index (χ0n) is 14.7. The molecule has 0 aromatic heterocycles. The van der Waals surface area contributed by atoms with Gasteiger partial charge in [-0.3, -0.25) is 9.59 Å². The Hall–Kier alpha value is -2.60. The second kappa shape index (κ2) is 7.33. The minimum Gasteiger partial charge on any atom is -0.495 e. The number of nitrogens with zero attached hydrogens (tertiary/aromatic N) is 1. The van der Waals surface area contributed by atoms with Crippen LogP contribution in [0.3, 0.4) is 0 Å². The van der Waals surface area contributed by atoms with Gasteiger partial charge in [-0.05, 0) is 29.8 Å². The number of imide groups is 1. The minimum absolute atomic E-state index is 0.106. The Labute approximate surface area is 155 Å². The van der Waals surface area contributed by atoms with E-state index < -0.39 is 17.6 Å². The molecule has 0 unspecified atom stereocenters. The summed E-state index contributed by atoms with van der Waals surface area (Å²) >= 11 is 1.33. The average molecular weight is 371 g/mol. The van der Waals surface area contributed by atoms with Gasteiger partial charge in [0.2, 0.25) is 0 Å². The molecule has 0 bridgehead atoms. The van der Waals surface area contributed by atoms with Crippen LogP contribution < -0.4 is 9.64 Å². The van der Waals surface area contributed by atoms with Crippen LogP contribution in [0, 0.1) is 5.82 Å². The second-order valence-electron chi connectivity index (χ2n) is 6.00. The highest BCUT2D eigenvalue weighted by Crippen LogP contribution is 2.42. The molecular formula is C20H18FNO3S. The van der Waals surface area contributed by atoms with Crippen molar-refractivity contribution in [2.24, 2.45) is 0 Å². The highest BCUT2D eigenvalue weighted by Gasteiger charge is 2.41. The molecule has 3 rings (SSSR count). The van der Waals surface area contributed by atoms with E-state index in [1.54, 1.807) is 24.3 Å². The molecule has 0 N–H and O–H groups in total. The van der Waals surface area contributed by atoms with Crippen LogP contribution in [0.15, 0.2) is 53.4 Å². The fourth-order valence-electron chi connectivity index (χ4n) is 2.76. The zero-order chi connectivity index (χ0) is 18.8. The number of thioether (sulfide) groups is 1. The number of carbonyl (C=O) groups is 2. The van der Waals surface area contributed by atoms with E-state index in [-0.39, 0.29) is 5.25 Å². The first-order valence-corrected chi connectivity index (χ1v) is 9.00. The van der Waals surface area contributed by atoms with Crippen LogP contribution in [0.2, 0.25) is 0 Å². The highest BCUT2D eigenvalue weighted by molar-refractivity contribution is 8.04. The summed E-state index contributed by atoms with van der Waals surface area (Å²) in [5, 5.41) is 0.106. The number of anilines is 1. The Morgan fingerprint density at radius 1 is 1.00 bits per heavy atom. The summed E-state index contributed by atoms with van der Waals surface area (Å²) in [5.41, 5.74) is 1.20. The molecule has 0 atom stereocenters. The van der Waals surface area contributed by atoms with Gasteiger partial charge in [-0.25, -0.2) is 9.29 Å².